The molecule has 4 saturated carbocycles. The molecule has 3 nitrogen and oxygen atoms in total. The zero-order valence-electron chi connectivity index (χ0n) is 34.0. The van der Waals surface area contributed by atoms with E-state index in [-0.39, 0.29) is 17.5 Å². The van der Waals surface area contributed by atoms with Crippen LogP contribution in [-0.2, 0) is 16.2 Å². The summed E-state index contributed by atoms with van der Waals surface area (Å²) in [6.07, 6.45) is 10.8. The van der Waals surface area contributed by atoms with Gasteiger partial charge in [-0.05, 0) is 180 Å². The Labute approximate surface area is 333 Å². The molecule has 4 fully saturated rings. The first-order chi connectivity index (χ1) is 27.0. The van der Waals surface area contributed by atoms with Gasteiger partial charge in [-0.1, -0.05) is 82.3 Å². The minimum absolute atomic E-state index is 0.0340. The van der Waals surface area contributed by atoms with Crippen molar-refractivity contribution < 1.29 is 4.42 Å². The second-order valence-electron chi connectivity index (χ2n) is 20.3. The van der Waals surface area contributed by atoms with Crippen LogP contribution in [0.15, 0.2) is 101 Å². The van der Waals surface area contributed by atoms with Crippen LogP contribution in [0.5, 0.6) is 0 Å². The first kappa shape index (κ1) is 33.4. The molecule has 7 aliphatic rings. The van der Waals surface area contributed by atoms with Gasteiger partial charge in [0.2, 0.25) is 0 Å². The van der Waals surface area contributed by atoms with E-state index in [0.29, 0.717) is 5.41 Å². The minimum Gasteiger partial charge on any atom is -0.468 e. The molecular formula is C52H53BN2O. The van der Waals surface area contributed by atoms with Crippen LogP contribution in [0.3, 0.4) is 0 Å². The number of nitrogens with zero attached hydrogens (tertiary/aromatic N) is 2. The lowest BCUT2D eigenvalue weighted by molar-refractivity contribution is -0.00513. The predicted molar refractivity (Wildman–Crippen MR) is 235 cm³/mol. The summed E-state index contributed by atoms with van der Waals surface area (Å²) in [7, 11) is 0. The third kappa shape index (κ3) is 4.48. The van der Waals surface area contributed by atoms with Crippen molar-refractivity contribution in [2.75, 3.05) is 9.80 Å². The molecule has 0 amide bonds. The molecule has 0 unspecified atom stereocenters. The van der Waals surface area contributed by atoms with Gasteiger partial charge >= 0.3 is 0 Å². The van der Waals surface area contributed by atoms with Gasteiger partial charge in [-0.3, -0.25) is 0 Å². The van der Waals surface area contributed by atoms with Crippen LogP contribution < -0.4 is 26.4 Å². The number of aryl methyl sites for hydroxylation is 2. The number of para-hydroxylation sites is 2. The highest BCUT2D eigenvalue weighted by atomic mass is 16.3. The second-order valence-corrected chi connectivity index (χ2v) is 20.3. The van der Waals surface area contributed by atoms with E-state index < -0.39 is 0 Å². The number of furan rings is 1. The monoisotopic (exact) mass is 732 g/mol. The third-order valence-electron chi connectivity index (χ3n) is 15.9. The molecule has 0 spiro atoms. The van der Waals surface area contributed by atoms with Crippen LogP contribution in [0.1, 0.15) is 107 Å². The van der Waals surface area contributed by atoms with Gasteiger partial charge in [0.25, 0.3) is 6.71 Å². The van der Waals surface area contributed by atoms with Crippen LogP contribution >= 0.6 is 0 Å². The Bertz CT molecular complexity index is 2570. The fraction of sp³-hybridized carbons (Fsp3) is 0.385. The fourth-order valence-corrected chi connectivity index (χ4v) is 13.5. The molecule has 1 aromatic heterocycles. The van der Waals surface area contributed by atoms with Crippen molar-refractivity contribution in [3.63, 3.8) is 0 Å². The number of hydrogen-bond acceptors (Lipinski definition) is 3. The van der Waals surface area contributed by atoms with Gasteiger partial charge in [-0.15, -0.1) is 0 Å². The SMILES string of the molecule is Cc1cccc(C)c1N1c2cc3c(cc2B2c4oc5ccc(C67CC8CC(CC(C8)C6)C7)cc5c4N(c4ccccc4)c4cccc1c42)C(C)(C)CCC3(C)C. The smallest absolute Gasteiger partial charge is 0.297 e. The molecule has 280 valence electrons. The van der Waals surface area contributed by atoms with Crippen molar-refractivity contribution in [2.45, 2.75) is 109 Å². The van der Waals surface area contributed by atoms with E-state index >= 15 is 0 Å². The molecule has 5 aliphatic carbocycles. The molecule has 0 N–H and O–H groups in total. The molecule has 56 heavy (non-hydrogen) atoms. The highest BCUT2D eigenvalue weighted by Crippen LogP contribution is 2.61. The zero-order valence-corrected chi connectivity index (χ0v) is 34.0. The molecule has 6 aromatic rings. The van der Waals surface area contributed by atoms with Gasteiger partial charge in [-0.25, -0.2) is 0 Å². The van der Waals surface area contributed by atoms with Crippen LogP contribution in [0.4, 0.5) is 34.1 Å². The zero-order chi connectivity index (χ0) is 37.9. The molecule has 0 saturated heterocycles. The van der Waals surface area contributed by atoms with Gasteiger partial charge in [0.15, 0.2) is 0 Å². The van der Waals surface area contributed by atoms with Gasteiger partial charge in [-0.2, -0.15) is 0 Å². The highest BCUT2D eigenvalue weighted by Gasteiger charge is 2.53. The molecule has 4 heteroatoms. The van der Waals surface area contributed by atoms with Gasteiger partial charge in [0, 0.05) is 28.1 Å². The van der Waals surface area contributed by atoms with E-state index in [4.69, 9.17) is 4.42 Å². The maximum absolute atomic E-state index is 7.39. The third-order valence-corrected chi connectivity index (χ3v) is 15.9. The van der Waals surface area contributed by atoms with Gasteiger partial charge in [0.05, 0.1) is 17.0 Å². The Hall–Kier alpha value is -4.70. The summed E-state index contributed by atoms with van der Waals surface area (Å²) in [6.45, 7) is 14.4. The Morgan fingerprint density at radius 3 is 1.88 bits per heavy atom. The summed E-state index contributed by atoms with van der Waals surface area (Å²) in [4.78, 5) is 5.18. The predicted octanol–water partition coefficient (Wildman–Crippen LogP) is 11.9. The van der Waals surface area contributed by atoms with E-state index in [2.05, 4.69) is 148 Å². The lowest BCUT2D eigenvalue weighted by Gasteiger charge is -2.57. The van der Waals surface area contributed by atoms with Crippen LogP contribution in [0.2, 0.25) is 0 Å². The summed E-state index contributed by atoms with van der Waals surface area (Å²) in [5, 5.41) is 1.27. The van der Waals surface area contributed by atoms with E-state index in [9.17, 15) is 0 Å². The maximum Gasteiger partial charge on any atom is 0.297 e. The standard InChI is InChI=1S/C52H53BN2O/c1-31-12-10-13-32(2)47(31)55-43-17-11-16-42-46(43)53(41-26-39-40(27-44(41)55)51(5,6)21-20-50(39,3)4)49-48(54(42)37-14-8-7-9-15-37)38-25-36(18-19-45(38)56-49)52-28-33-22-34(29-52)24-35(23-33)30-52/h7-19,25-27,33-35H,20-24,28-30H2,1-6H3. The van der Waals surface area contributed by atoms with E-state index in [0.717, 1.165) is 29.0 Å². The average molecular weight is 733 g/mol. The molecule has 3 heterocycles. The lowest BCUT2D eigenvalue weighted by atomic mass is 9.35. The number of benzene rings is 5. The highest BCUT2D eigenvalue weighted by molar-refractivity contribution is 7.00. The molecule has 0 atom stereocenters. The summed E-state index contributed by atoms with van der Waals surface area (Å²) in [5.41, 5.74) is 19.9. The topological polar surface area (TPSA) is 19.6 Å². The van der Waals surface area contributed by atoms with Gasteiger partial charge in [0.1, 0.15) is 5.58 Å². The van der Waals surface area contributed by atoms with Crippen molar-refractivity contribution >= 4 is 68.4 Å². The molecule has 4 bridgehead atoms. The molecule has 2 aliphatic heterocycles. The summed E-state index contributed by atoms with van der Waals surface area (Å²) in [6, 6.07) is 37.5. The number of hydrogen-bond donors (Lipinski definition) is 0. The maximum atomic E-state index is 7.39. The molecule has 5 aromatic carbocycles. The number of rotatable bonds is 3. The Morgan fingerprint density at radius 1 is 0.607 bits per heavy atom. The van der Waals surface area contributed by atoms with E-state index in [1.54, 1.807) is 5.56 Å². The number of fused-ring (bicyclic) bond motifs is 7. The van der Waals surface area contributed by atoms with Crippen molar-refractivity contribution in [2.24, 2.45) is 17.8 Å². The van der Waals surface area contributed by atoms with Crippen LogP contribution in [0, 0.1) is 31.6 Å². The molecule has 13 rings (SSSR count). The largest absolute Gasteiger partial charge is 0.468 e. The summed E-state index contributed by atoms with van der Waals surface area (Å²) >= 11 is 0. The van der Waals surface area contributed by atoms with E-state index in [1.807, 2.05) is 0 Å². The Morgan fingerprint density at radius 2 is 1.21 bits per heavy atom. The average Bonchev–Trinajstić information content (AvgIpc) is 3.55. The summed E-state index contributed by atoms with van der Waals surface area (Å²) < 4.78 is 7.39. The van der Waals surface area contributed by atoms with Crippen LogP contribution in [0.25, 0.3) is 11.0 Å². The van der Waals surface area contributed by atoms with Crippen LogP contribution in [-0.4, -0.2) is 6.71 Å². The lowest BCUT2D eigenvalue weighted by Crippen LogP contribution is -2.61. The first-order valence-electron chi connectivity index (χ1n) is 21.6. The van der Waals surface area contributed by atoms with Crippen molar-refractivity contribution in [3.05, 3.63) is 125 Å². The Kier molecular flexibility index (Phi) is 6.71. The summed E-state index contributed by atoms with van der Waals surface area (Å²) in [5.74, 6) is 2.71. The van der Waals surface area contributed by atoms with E-state index in [1.165, 1.54) is 124 Å². The first-order valence-corrected chi connectivity index (χ1v) is 21.6. The molecular weight excluding hydrogens is 679 g/mol. The minimum atomic E-state index is -0.0340. The van der Waals surface area contributed by atoms with Gasteiger partial charge < -0.3 is 14.2 Å². The fourth-order valence-electron chi connectivity index (χ4n) is 13.5. The van der Waals surface area contributed by atoms with Crippen molar-refractivity contribution in [3.8, 4) is 0 Å². The molecule has 0 radical (unpaired) electrons. The number of anilines is 6. The second kappa shape index (κ2) is 11.2. The quantitative estimate of drug-likeness (QED) is 0.169. The van der Waals surface area contributed by atoms with Crippen molar-refractivity contribution in [1.82, 2.24) is 0 Å². The van der Waals surface area contributed by atoms with Crippen molar-refractivity contribution in [1.29, 1.82) is 0 Å². The normalized spacial score (nSPS) is 25.9. The Balaban J connectivity index is 1.17.